The maximum atomic E-state index is 12.4. The quantitative estimate of drug-likeness (QED) is 0.907. The van der Waals surface area contributed by atoms with Gasteiger partial charge in [-0.25, -0.2) is 13.1 Å². The molecule has 7 heteroatoms. The van der Waals surface area contributed by atoms with Crippen molar-refractivity contribution in [1.29, 1.82) is 0 Å². The largest absolute Gasteiger partial charge is 0.495 e. The van der Waals surface area contributed by atoms with E-state index in [9.17, 15) is 13.2 Å². The molecule has 1 aromatic rings. The predicted octanol–water partition coefficient (Wildman–Crippen LogP) is 1.23. The van der Waals surface area contributed by atoms with E-state index >= 15 is 0 Å². The second-order valence-electron chi connectivity index (χ2n) is 4.93. The van der Waals surface area contributed by atoms with E-state index in [-0.39, 0.29) is 16.6 Å². The second-order valence-corrected chi connectivity index (χ2v) is 6.78. The number of benzene rings is 1. The molecule has 1 amide bonds. The number of carbonyl (C=O) groups excluding carboxylic acids is 1. The van der Waals surface area contributed by atoms with Crippen molar-refractivity contribution in [3.63, 3.8) is 0 Å². The Kier molecular flexibility index (Phi) is 4.84. The molecule has 1 saturated heterocycles. The standard InChI is InChI=1S/C14H20N2O4S/c1-15-21(18,19)13-10-11(6-7-12(13)20-2)14(17)16-8-4-3-5-9-16/h6-7,10,15H,3-5,8-9H2,1-2H3. The number of sulfonamides is 1. The van der Waals surface area contributed by atoms with Crippen LogP contribution in [0.1, 0.15) is 29.6 Å². The topological polar surface area (TPSA) is 75.7 Å². The molecule has 0 atom stereocenters. The number of ether oxygens (including phenoxy) is 1. The maximum absolute atomic E-state index is 12.4. The molecule has 116 valence electrons. The van der Waals surface area contributed by atoms with Crippen LogP contribution in [-0.4, -0.2) is 46.5 Å². The smallest absolute Gasteiger partial charge is 0.253 e. The second kappa shape index (κ2) is 6.44. The number of carbonyl (C=O) groups is 1. The van der Waals surface area contributed by atoms with Crippen molar-refractivity contribution in [2.45, 2.75) is 24.2 Å². The van der Waals surface area contributed by atoms with Gasteiger partial charge in [-0.3, -0.25) is 4.79 Å². The normalized spacial score (nSPS) is 15.8. The number of nitrogens with one attached hydrogen (secondary N) is 1. The van der Waals surface area contributed by atoms with E-state index in [1.54, 1.807) is 11.0 Å². The van der Waals surface area contributed by atoms with Crippen molar-refractivity contribution >= 4 is 15.9 Å². The summed E-state index contributed by atoms with van der Waals surface area (Å²) in [7, 11) is -0.947. The fourth-order valence-electron chi connectivity index (χ4n) is 2.41. The Morgan fingerprint density at radius 3 is 2.48 bits per heavy atom. The van der Waals surface area contributed by atoms with Gasteiger partial charge < -0.3 is 9.64 Å². The van der Waals surface area contributed by atoms with E-state index in [4.69, 9.17) is 4.74 Å². The summed E-state index contributed by atoms with van der Waals surface area (Å²) in [5.41, 5.74) is 0.367. The van der Waals surface area contributed by atoms with Gasteiger partial charge in [0.05, 0.1) is 7.11 Å². The molecule has 0 radical (unpaired) electrons. The number of hydrogen-bond donors (Lipinski definition) is 1. The molecule has 0 saturated carbocycles. The zero-order valence-electron chi connectivity index (χ0n) is 12.3. The van der Waals surface area contributed by atoms with E-state index in [1.807, 2.05) is 0 Å². The highest BCUT2D eigenvalue weighted by atomic mass is 32.2. The molecule has 0 unspecified atom stereocenters. The minimum absolute atomic E-state index is 0.0182. The first kappa shape index (κ1) is 15.8. The van der Waals surface area contributed by atoms with Crippen LogP contribution >= 0.6 is 0 Å². The van der Waals surface area contributed by atoms with Crippen molar-refractivity contribution in [3.8, 4) is 5.75 Å². The lowest BCUT2D eigenvalue weighted by molar-refractivity contribution is 0.0724. The lowest BCUT2D eigenvalue weighted by Gasteiger charge is -2.27. The van der Waals surface area contributed by atoms with Crippen molar-refractivity contribution < 1.29 is 17.9 Å². The Bertz CT molecular complexity index is 622. The van der Waals surface area contributed by atoms with Crippen molar-refractivity contribution in [1.82, 2.24) is 9.62 Å². The predicted molar refractivity (Wildman–Crippen MR) is 79.0 cm³/mol. The molecule has 1 aliphatic rings. The minimum Gasteiger partial charge on any atom is -0.495 e. The van der Waals surface area contributed by atoms with Crippen LogP contribution in [0.3, 0.4) is 0 Å². The highest BCUT2D eigenvalue weighted by Gasteiger charge is 2.23. The van der Waals surface area contributed by atoms with Gasteiger partial charge >= 0.3 is 0 Å². The molecule has 2 rings (SSSR count). The van der Waals surface area contributed by atoms with Crippen molar-refractivity contribution in [2.24, 2.45) is 0 Å². The monoisotopic (exact) mass is 312 g/mol. The Balaban J connectivity index is 2.37. The third-order valence-electron chi connectivity index (χ3n) is 3.61. The van der Waals surface area contributed by atoms with Gasteiger partial charge in [0, 0.05) is 18.7 Å². The van der Waals surface area contributed by atoms with Crippen LogP contribution in [0.25, 0.3) is 0 Å². The number of piperidine rings is 1. The lowest BCUT2D eigenvalue weighted by Crippen LogP contribution is -2.35. The third-order valence-corrected chi connectivity index (χ3v) is 5.05. The molecule has 1 N–H and O–H groups in total. The van der Waals surface area contributed by atoms with Crippen LogP contribution in [0.15, 0.2) is 23.1 Å². The molecule has 0 aromatic heterocycles. The molecule has 0 aliphatic carbocycles. The summed E-state index contributed by atoms with van der Waals surface area (Å²) in [5, 5.41) is 0. The van der Waals surface area contributed by atoms with E-state index in [0.29, 0.717) is 5.56 Å². The first-order chi connectivity index (χ1) is 9.99. The van der Waals surface area contributed by atoms with E-state index in [0.717, 1.165) is 32.4 Å². The average Bonchev–Trinajstić information content (AvgIpc) is 2.54. The third kappa shape index (κ3) is 3.36. The number of likely N-dealkylation sites (tertiary alicyclic amines) is 1. The molecular formula is C14H20N2O4S. The molecule has 1 heterocycles. The average molecular weight is 312 g/mol. The van der Waals surface area contributed by atoms with Crippen LogP contribution in [-0.2, 0) is 10.0 Å². The van der Waals surface area contributed by atoms with Crippen molar-refractivity contribution in [2.75, 3.05) is 27.2 Å². The number of hydrogen-bond acceptors (Lipinski definition) is 4. The van der Waals surface area contributed by atoms with Crippen LogP contribution in [0, 0.1) is 0 Å². The summed E-state index contributed by atoms with van der Waals surface area (Å²) in [6, 6.07) is 4.49. The number of methoxy groups -OCH3 is 1. The van der Waals surface area contributed by atoms with Gasteiger partial charge in [-0.2, -0.15) is 0 Å². The number of nitrogens with zero attached hydrogens (tertiary/aromatic N) is 1. The summed E-state index contributed by atoms with van der Waals surface area (Å²) in [6.45, 7) is 1.44. The Morgan fingerprint density at radius 1 is 1.24 bits per heavy atom. The van der Waals surface area contributed by atoms with Crippen LogP contribution in [0.5, 0.6) is 5.75 Å². The molecule has 1 aromatic carbocycles. The fourth-order valence-corrected chi connectivity index (χ4v) is 3.33. The van der Waals surface area contributed by atoms with Gasteiger partial charge in [-0.05, 0) is 44.5 Å². The Hall–Kier alpha value is -1.60. The summed E-state index contributed by atoms with van der Waals surface area (Å²) in [5.74, 6) is 0.0875. The van der Waals surface area contributed by atoms with Crippen LogP contribution in [0.4, 0.5) is 0 Å². The highest BCUT2D eigenvalue weighted by molar-refractivity contribution is 7.89. The van der Waals surface area contributed by atoms with Crippen LogP contribution in [0.2, 0.25) is 0 Å². The number of rotatable bonds is 4. The Morgan fingerprint density at radius 2 is 1.90 bits per heavy atom. The van der Waals surface area contributed by atoms with Gasteiger partial charge in [0.2, 0.25) is 10.0 Å². The van der Waals surface area contributed by atoms with Gasteiger partial charge in [-0.15, -0.1) is 0 Å². The molecular weight excluding hydrogens is 292 g/mol. The number of amides is 1. The van der Waals surface area contributed by atoms with Gasteiger partial charge in [0.25, 0.3) is 5.91 Å². The maximum Gasteiger partial charge on any atom is 0.253 e. The Labute approximate surface area is 125 Å². The lowest BCUT2D eigenvalue weighted by atomic mass is 10.1. The minimum atomic E-state index is -3.67. The van der Waals surface area contributed by atoms with E-state index < -0.39 is 10.0 Å². The molecule has 21 heavy (non-hydrogen) atoms. The van der Waals surface area contributed by atoms with Gasteiger partial charge in [0.15, 0.2) is 0 Å². The van der Waals surface area contributed by atoms with Gasteiger partial charge in [0.1, 0.15) is 10.6 Å². The first-order valence-corrected chi connectivity index (χ1v) is 8.39. The van der Waals surface area contributed by atoms with E-state index in [1.165, 1.54) is 26.3 Å². The molecule has 6 nitrogen and oxygen atoms in total. The van der Waals surface area contributed by atoms with Crippen LogP contribution < -0.4 is 9.46 Å². The first-order valence-electron chi connectivity index (χ1n) is 6.90. The van der Waals surface area contributed by atoms with Gasteiger partial charge in [-0.1, -0.05) is 0 Å². The molecule has 0 spiro atoms. The molecule has 1 fully saturated rings. The summed E-state index contributed by atoms with van der Waals surface area (Å²) in [4.78, 5) is 14.2. The van der Waals surface area contributed by atoms with E-state index in [2.05, 4.69) is 4.72 Å². The van der Waals surface area contributed by atoms with Crippen molar-refractivity contribution in [3.05, 3.63) is 23.8 Å². The summed E-state index contributed by atoms with van der Waals surface area (Å²) >= 11 is 0. The summed E-state index contributed by atoms with van der Waals surface area (Å²) in [6.07, 6.45) is 3.11. The zero-order valence-corrected chi connectivity index (χ0v) is 13.1. The zero-order chi connectivity index (χ0) is 15.5. The fraction of sp³-hybridized carbons (Fsp3) is 0.500. The molecule has 1 aliphatic heterocycles. The highest BCUT2D eigenvalue weighted by Crippen LogP contribution is 2.25. The molecule has 0 bridgehead atoms. The SMILES string of the molecule is CNS(=O)(=O)c1cc(C(=O)N2CCCCC2)ccc1OC. The summed E-state index contributed by atoms with van der Waals surface area (Å²) < 4.78 is 31.3.